The number of nitrogens with zero attached hydrogens (tertiary/aromatic N) is 3. The summed E-state index contributed by atoms with van der Waals surface area (Å²) in [6.07, 6.45) is 0. The van der Waals surface area contributed by atoms with E-state index >= 15 is 0 Å². The molecule has 0 saturated heterocycles. The average molecular weight is 586 g/mol. The molecule has 46 heavy (non-hydrogen) atoms. The van der Waals surface area contributed by atoms with Crippen molar-refractivity contribution in [1.29, 1.82) is 0 Å². The normalized spacial score (nSPS) is 11.9. The van der Waals surface area contributed by atoms with Gasteiger partial charge in [-0.05, 0) is 59.0 Å². The van der Waals surface area contributed by atoms with Crippen LogP contribution in [0.4, 0.5) is 0 Å². The Balaban J connectivity index is 1.34. The maximum absolute atomic E-state index is 5.33. The molecule has 4 heterocycles. The van der Waals surface area contributed by atoms with Crippen LogP contribution in [-0.4, -0.2) is 14.0 Å². The molecule has 214 valence electrons. The van der Waals surface area contributed by atoms with Gasteiger partial charge in [0, 0.05) is 32.5 Å². The van der Waals surface area contributed by atoms with E-state index in [2.05, 4.69) is 173 Å². The summed E-state index contributed by atoms with van der Waals surface area (Å²) < 4.78 is 4.79. The SMILES string of the molecule is c1ccc(-c2cc(-c3ccccc3)nc(-n3c4ccccc4c4c5cc6c7ccccc7c7ccccc7n6c5ccc43)c2)cc1. The third-order valence-corrected chi connectivity index (χ3v) is 9.47. The fraction of sp³-hybridized carbons (Fsp3) is 0. The largest absolute Gasteiger partial charge is 0.309 e. The zero-order valence-electron chi connectivity index (χ0n) is 24.9. The molecule has 10 rings (SSSR count). The molecule has 0 unspecified atom stereocenters. The first kappa shape index (κ1) is 25.2. The van der Waals surface area contributed by atoms with Crippen LogP contribution in [0, 0.1) is 0 Å². The minimum Gasteiger partial charge on any atom is -0.309 e. The van der Waals surface area contributed by atoms with E-state index in [4.69, 9.17) is 4.98 Å². The van der Waals surface area contributed by atoms with Gasteiger partial charge in [-0.1, -0.05) is 121 Å². The van der Waals surface area contributed by atoms with E-state index < -0.39 is 0 Å². The Bertz CT molecular complexity index is 2730. The van der Waals surface area contributed by atoms with E-state index in [1.54, 1.807) is 0 Å². The van der Waals surface area contributed by atoms with Gasteiger partial charge in [0.05, 0.1) is 33.3 Å². The maximum Gasteiger partial charge on any atom is 0.138 e. The third kappa shape index (κ3) is 3.57. The second-order valence-electron chi connectivity index (χ2n) is 12.0. The summed E-state index contributed by atoms with van der Waals surface area (Å²) in [6.45, 7) is 0. The third-order valence-electron chi connectivity index (χ3n) is 9.47. The second kappa shape index (κ2) is 9.65. The zero-order valence-corrected chi connectivity index (χ0v) is 24.9. The molecular formula is C43H27N3. The van der Waals surface area contributed by atoms with E-state index in [1.807, 2.05) is 0 Å². The molecule has 0 atom stereocenters. The summed E-state index contributed by atoms with van der Waals surface area (Å²) in [6, 6.07) is 58.8. The monoisotopic (exact) mass is 585 g/mol. The number of hydrogen-bond acceptors (Lipinski definition) is 1. The lowest BCUT2D eigenvalue weighted by Gasteiger charge is -2.13. The van der Waals surface area contributed by atoms with Crippen LogP contribution in [0.3, 0.4) is 0 Å². The number of benzene rings is 6. The molecule has 6 aromatic carbocycles. The van der Waals surface area contributed by atoms with Crippen LogP contribution >= 0.6 is 0 Å². The number of hydrogen-bond donors (Lipinski definition) is 0. The van der Waals surface area contributed by atoms with Gasteiger partial charge in [0.15, 0.2) is 0 Å². The molecule has 3 nitrogen and oxygen atoms in total. The van der Waals surface area contributed by atoms with Gasteiger partial charge in [0.25, 0.3) is 0 Å². The van der Waals surface area contributed by atoms with Crippen molar-refractivity contribution < 1.29 is 0 Å². The van der Waals surface area contributed by atoms with Crippen molar-refractivity contribution in [3.63, 3.8) is 0 Å². The van der Waals surface area contributed by atoms with Gasteiger partial charge >= 0.3 is 0 Å². The van der Waals surface area contributed by atoms with Gasteiger partial charge in [-0.25, -0.2) is 4.98 Å². The smallest absolute Gasteiger partial charge is 0.138 e. The van der Waals surface area contributed by atoms with Crippen molar-refractivity contribution in [2.24, 2.45) is 0 Å². The highest BCUT2D eigenvalue weighted by Crippen LogP contribution is 2.41. The molecule has 0 amide bonds. The molecule has 0 bridgehead atoms. The van der Waals surface area contributed by atoms with Gasteiger partial charge in [-0.2, -0.15) is 0 Å². The summed E-state index contributed by atoms with van der Waals surface area (Å²) in [7, 11) is 0. The number of rotatable bonds is 3. The highest BCUT2D eigenvalue weighted by atomic mass is 15.1. The predicted molar refractivity (Wildman–Crippen MR) is 193 cm³/mol. The molecule has 3 heteroatoms. The van der Waals surface area contributed by atoms with Crippen LogP contribution in [-0.2, 0) is 0 Å². The molecule has 0 spiro atoms. The van der Waals surface area contributed by atoms with Crippen molar-refractivity contribution in [3.05, 3.63) is 164 Å². The average Bonchev–Trinajstić information content (AvgIpc) is 3.69. The highest BCUT2D eigenvalue weighted by molar-refractivity contribution is 6.24. The molecular weight excluding hydrogens is 558 g/mol. The summed E-state index contributed by atoms with van der Waals surface area (Å²) in [4.78, 5) is 5.33. The Morgan fingerprint density at radius 3 is 1.67 bits per heavy atom. The Labute approximate surface area is 265 Å². The van der Waals surface area contributed by atoms with Crippen molar-refractivity contribution in [1.82, 2.24) is 14.0 Å². The lowest BCUT2D eigenvalue weighted by molar-refractivity contribution is 1.08. The van der Waals surface area contributed by atoms with E-state index in [0.717, 1.165) is 33.7 Å². The predicted octanol–water partition coefficient (Wildman–Crippen LogP) is 11.2. The first-order chi connectivity index (χ1) is 22.8. The van der Waals surface area contributed by atoms with Crippen molar-refractivity contribution >= 4 is 59.9 Å². The number of para-hydroxylation sites is 2. The van der Waals surface area contributed by atoms with Crippen LogP contribution in [0.2, 0.25) is 0 Å². The van der Waals surface area contributed by atoms with Gasteiger partial charge in [0.2, 0.25) is 0 Å². The molecule has 0 aliphatic carbocycles. The summed E-state index contributed by atoms with van der Waals surface area (Å²) >= 11 is 0. The van der Waals surface area contributed by atoms with Crippen LogP contribution < -0.4 is 0 Å². The van der Waals surface area contributed by atoms with Crippen molar-refractivity contribution in [2.45, 2.75) is 0 Å². The lowest BCUT2D eigenvalue weighted by atomic mass is 10.0. The molecule has 4 aromatic heterocycles. The maximum atomic E-state index is 5.33. The quantitative estimate of drug-likeness (QED) is 0.189. The highest BCUT2D eigenvalue weighted by Gasteiger charge is 2.20. The first-order valence-corrected chi connectivity index (χ1v) is 15.7. The summed E-state index contributed by atoms with van der Waals surface area (Å²) in [5.41, 5.74) is 10.3. The van der Waals surface area contributed by atoms with Crippen molar-refractivity contribution in [2.75, 3.05) is 0 Å². The number of fused-ring (bicyclic) bond motifs is 12. The van der Waals surface area contributed by atoms with E-state index in [-0.39, 0.29) is 0 Å². The standard InChI is InChI=1S/C43H27N3/c1-3-13-28(14-4-1)30-25-36(29-15-5-2-6-16-29)44-42(26-30)46-38-22-12-10-20-34(38)43-35-27-41-33-19-8-7-17-31(33)32-18-9-11-21-37(32)45(41)39(35)23-24-40(43)46/h1-27H. The van der Waals surface area contributed by atoms with Crippen LogP contribution in [0.15, 0.2) is 164 Å². The molecule has 0 aliphatic rings. The molecule has 0 aliphatic heterocycles. The molecule has 0 fully saturated rings. The van der Waals surface area contributed by atoms with Gasteiger partial charge < -0.3 is 4.40 Å². The van der Waals surface area contributed by atoms with E-state index in [0.29, 0.717) is 0 Å². The minimum atomic E-state index is 0.908. The number of pyridine rings is 2. The lowest BCUT2D eigenvalue weighted by Crippen LogP contribution is -2.00. The molecule has 0 N–H and O–H groups in total. The van der Waals surface area contributed by atoms with E-state index in [1.165, 1.54) is 54.4 Å². The fourth-order valence-electron chi connectivity index (χ4n) is 7.48. The Morgan fingerprint density at radius 2 is 0.913 bits per heavy atom. The molecule has 0 radical (unpaired) electrons. The Morgan fingerprint density at radius 1 is 0.348 bits per heavy atom. The van der Waals surface area contributed by atoms with Gasteiger partial charge in [0.1, 0.15) is 5.82 Å². The Kier molecular flexibility index (Phi) is 5.28. The molecule has 10 aromatic rings. The van der Waals surface area contributed by atoms with E-state index in [9.17, 15) is 0 Å². The van der Waals surface area contributed by atoms with Crippen LogP contribution in [0.1, 0.15) is 0 Å². The van der Waals surface area contributed by atoms with Crippen LogP contribution in [0.25, 0.3) is 88.1 Å². The number of aromatic nitrogens is 3. The zero-order chi connectivity index (χ0) is 30.2. The summed E-state index contributed by atoms with van der Waals surface area (Å²) in [5, 5.41) is 7.53. The second-order valence-corrected chi connectivity index (χ2v) is 12.0. The van der Waals surface area contributed by atoms with Crippen LogP contribution in [0.5, 0.6) is 0 Å². The summed E-state index contributed by atoms with van der Waals surface area (Å²) in [5.74, 6) is 0.908. The van der Waals surface area contributed by atoms with Gasteiger partial charge in [-0.3, -0.25) is 4.57 Å². The minimum absolute atomic E-state index is 0.908. The fourth-order valence-corrected chi connectivity index (χ4v) is 7.48. The first-order valence-electron chi connectivity index (χ1n) is 15.7. The van der Waals surface area contributed by atoms with Crippen molar-refractivity contribution in [3.8, 4) is 28.2 Å². The molecule has 0 saturated carbocycles. The topological polar surface area (TPSA) is 22.2 Å². The van der Waals surface area contributed by atoms with Gasteiger partial charge in [-0.15, -0.1) is 0 Å². The Hall–Kier alpha value is -6.19.